The lowest BCUT2D eigenvalue weighted by Crippen LogP contribution is -2.23. The maximum Gasteiger partial charge on any atom is 0.276 e. The van der Waals surface area contributed by atoms with E-state index in [-0.39, 0.29) is 17.9 Å². The summed E-state index contributed by atoms with van der Waals surface area (Å²) in [6, 6.07) is 12.9. The van der Waals surface area contributed by atoms with Crippen LogP contribution in [0.5, 0.6) is 0 Å². The fraction of sp³-hybridized carbons (Fsp3) is 0.158. The van der Waals surface area contributed by atoms with E-state index in [2.05, 4.69) is 20.6 Å². The van der Waals surface area contributed by atoms with E-state index in [1.165, 1.54) is 18.3 Å². The van der Waals surface area contributed by atoms with Gasteiger partial charge in [0.1, 0.15) is 5.69 Å². The molecule has 0 fully saturated rings. The number of benzene rings is 1. The lowest BCUT2D eigenvalue weighted by Gasteiger charge is -2.12. The van der Waals surface area contributed by atoms with Crippen molar-refractivity contribution in [2.75, 3.05) is 5.32 Å². The molecule has 0 aliphatic rings. The quantitative estimate of drug-likeness (QED) is 0.722. The van der Waals surface area contributed by atoms with Crippen LogP contribution in [0.3, 0.4) is 0 Å². The Morgan fingerprint density at radius 3 is 2.54 bits per heavy atom. The number of nitrogens with one attached hydrogen (secondary N) is 2. The highest BCUT2D eigenvalue weighted by Crippen LogP contribution is 2.26. The lowest BCUT2D eigenvalue weighted by atomic mass is 10.1. The molecule has 0 radical (unpaired) electrons. The fourth-order valence-electron chi connectivity index (χ4n) is 2.45. The van der Waals surface area contributed by atoms with E-state index in [1.54, 1.807) is 24.4 Å². The summed E-state index contributed by atoms with van der Waals surface area (Å²) < 4.78 is 0. The topological polar surface area (TPSA) is 84.0 Å². The van der Waals surface area contributed by atoms with Gasteiger partial charge < -0.3 is 5.32 Å². The third-order valence-corrected chi connectivity index (χ3v) is 4.51. The number of thiazole rings is 1. The number of hydrogen-bond donors (Lipinski definition) is 2. The van der Waals surface area contributed by atoms with Crippen molar-refractivity contribution in [1.82, 2.24) is 15.3 Å². The highest BCUT2D eigenvalue weighted by atomic mass is 32.1. The first-order chi connectivity index (χ1) is 12.5. The molecule has 26 heavy (non-hydrogen) atoms. The molecular formula is C19H18N4O2S. The molecule has 2 aromatic heterocycles. The van der Waals surface area contributed by atoms with Crippen LogP contribution in [-0.4, -0.2) is 21.8 Å². The number of nitrogens with zero attached hydrogens (tertiary/aromatic N) is 2. The number of aromatic nitrogens is 2. The summed E-state index contributed by atoms with van der Waals surface area (Å²) >= 11 is 1.36. The minimum atomic E-state index is -0.286. The van der Waals surface area contributed by atoms with Gasteiger partial charge in [0.05, 0.1) is 11.7 Å². The van der Waals surface area contributed by atoms with Gasteiger partial charge in [-0.1, -0.05) is 30.3 Å². The zero-order chi connectivity index (χ0) is 18.5. The monoisotopic (exact) mass is 366 g/mol. The second-order valence-electron chi connectivity index (χ2n) is 5.75. The smallest absolute Gasteiger partial charge is 0.276 e. The third-order valence-electron chi connectivity index (χ3n) is 3.75. The number of anilines is 1. The van der Waals surface area contributed by atoms with E-state index in [0.717, 1.165) is 16.8 Å². The first kappa shape index (κ1) is 17.8. The van der Waals surface area contributed by atoms with Crippen molar-refractivity contribution < 1.29 is 9.59 Å². The molecule has 2 amide bonds. The molecule has 2 N–H and O–H groups in total. The Morgan fingerprint density at radius 2 is 1.88 bits per heavy atom. The zero-order valence-corrected chi connectivity index (χ0v) is 15.2. The van der Waals surface area contributed by atoms with Crippen LogP contribution in [0.15, 0.2) is 54.0 Å². The predicted octanol–water partition coefficient (Wildman–Crippen LogP) is 3.65. The van der Waals surface area contributed by atoms with E-state index in [1.807, 2.05) is 36.6 Å². The summed E-state index contributed by atoms with van der Waals surface area (Å²) in [5.41, 5.74) is 3.09. The Balaban J connectivity index is 1.69. The predicted molar refractivity (Wildman–Crippen MR) is 102 cm³/mol. The molecule has 132 valence electrons. The van der Waals surface area contributed by atoms with Gasteiger partial charge >= 0.3 is 0 Å². The largest absolute Gasteiger partial charge is 0.350 e. The van der Waals surface area contributed by atoms with Crippen molar-refractivity contribution >= 4 is 28.3 Å². The Morgan fingerprint density at radius 1 is 1.12 bits per heavy atom. The molecule has 2 heterocycles. The van der Waals surface area contributed by atoms with Crippen LogP contribution in [-0.2, 0) is 4.79 Å². The molecular weight excluding hydrogens is 348 g/mol. The molecule has 1 aromatic carbocycles. The van der Waals surface area contributed by atoms with Crippen molar-refractivity contribution in [3.8, 4) is 11.3 Å². The van der Waals surface area contributed by atoms with E-state index in [9.17, 15) is 9.59 Å². The Bertz CT molecular complexity index is 907. The van der Waals surface area contributed by atoms with Crippen LogP contribution in [0.4, 0.5) is 5.13 Å². The fourth-order valence-corrected chi connectivity index (χ4v) is 3.17. The molecule has 6 nitrogen and oxygen atoms in total. The van der Waals surface area contributed by atoms with Crippen molar-refractivity contribution in [2.45, 2.75) is 19.9 Å². The number of amides is 2. The average Bonchev–Trinajstić information content (AvgIpc) is 3.10. The second kappa shape index (κ2) is 7.88. The van der Waals surface area contributed by atoms with Gasteiger partial charge in [-0.15, -0.1) is 11.3 Å². The number of hydrogen-bond acceptors (Lipinski definition) is 5. The van der Waals surface area contributed by atoms with Crippen molar-refractivity contribution in [1.29, 1.82) is 0 Å². The molecule has 7 heteroatoms. The summed E-state index contributed by atoms with van der Waals surface area (Å²) in [5.74, 6) is -0.347. The van der Waals surface area contributed by atoms with Crippen molar-refractivity contribution in [2.24, 2.45) is 0 Å². The van der Waals surface area contributed by atoms with Crippen LogP contribution in [0.2, 0.25) is 0 Å². The number of carbonyl (C=O) groups excluding carboxylic acids is 2. The van der Waals surface area contributed by atoms with Crippen molar-refractivity contribution in [3.63, 3.8) is 0 Å². The summed E-state index contributed by atoms with van der Waals surface area (Å²) in [5, 5.41) is 8.02. The molecule has 0 aliphatic carbocycles. The van der Waals surface area contributed by atoms with Crippen LogP contribution in [0.1, 0.15) is 35.9 Å². The zero-order valence-electron chi connectivity index (χ0n) is 14.4. The van der Waals surface area contributed by atoms with Crippen LogP contribution < -0.4 is 10.6 Å². The molecule has 3 rings (SSSR count). The summed E-state index contributed by atoms with van der Waals surface area (Å²) in [6.45, 7) is 3.44. The van der Waals surface area contributed by atoms with E-state index >= 15 is 0 Å². The maximum absolute atomic E-state index is 12.1. The third kappa shape index (κ3) is 4.31. The molecule has 0 aliphatic heterocycles. The van der Waals surface area contributed by atoms with Crippen molar-refractivity contribution in [3.05, 3.63) is 65.3 Å². The first-order valence-electron chi connectivity index (χ1n) is 8.08. The average molecular weight is 366 g/mol. The normalized spacial score (nSPS) is 11.6. The Kier molecular flexibility index (Phi) is 5.38. The maximum atomic E-state index is 12.1. The van der Waals surface area contributed by atoms with Crippen LogP contribution in [0.25, 0.3) is 11.3 Å². The second-order valence-corrected chi connectivity index (χ2v) is 6.61. The molecule has 0 saturated heterocycles. The lowest BCUT2D eigenvalue weighted by molar-refractivity contribution is -0.119. The minimum absolute atomic E-state index is 0.0507. The van der Waals surface area contributed by atoms with Crippen LogP contribution in [0, 0.1) is 0 Å². The summed E-state index contributed by atoms with van der Waals surface area (Å²) in [6.07, 6.45) is 1.58. The standard InChI is InChI=1S/C19H18N4O2S/c1-12(21-13(2)24)14-6-8-15(9-7-14)17-11-26-19(22-17)23-18(25)16-5-3-4-10-20-16/h3-12H,1-2H3,(H,21,24)(H,22,23,25)/t12-/m0/s1. The summed E-state index contributed by atoms with van der Waals surface area (Å²) in [7, 11) is 0. The van der Waals surface area contributed by atoms with Gasteiger partial charge in [-0.2, -0.15) is 0 Å². The van der Waals surface area contributed by atoms with Gasteiger partial charge in [-0.3, -0.25) is 19.9 Å². The highest BCUT2D eigenvalue weighted by Gasteiger charge is 2.11. The molecule has 0 unspecified atom stereocenters. The summed E-state index contributed by atoms with van der Waals surface area (Å²) in [4.78, 5) is 31.8. The molecule has 0 bridgehead atoms. The highest BCUT2D eigenvalue weighted by molar-refractivity contribution is 7.14. The molecule has 0 spiro atoms. The first-order valence-corrected chi connectivity index (χ1v) is 8.96. The van der Waals surface area contributed by atoms with Gasteiger partial charge in [0, 0.05) is 24.1 Å². The van der Waals surface area contributed by atoms with Gasteiger partial charge in [-0.25, -0.2) is 4.98 Å². The Hall–Kier alpha value is -3.06. The SMILES string of the molecule is CC(=O)N[C@@H](C)c1ccc(-c2csc(NC(=O)c3ccccn3)n2)cc1. The number of pyridine rings is 1. The van der Waals surface area contributed by atoms with E-state index < -0.39 is 0 Å². The van der Waals surface area contributed by atoms with Gasteiger partial charge in [0.25, 0.3) is 5.91 Å². The molecule has 1 atom stereocenters. The Labute approximate surface area is 155 Å². The van der Waals surface area contributed by atoms with E-state index in [0.29, 0.717) is 10.8 Å². The van der Waals surface area contributed by atoms with Crippen LogP contribution >= 0.6 is 11.3 Å². The number of rotatable bonds is 5. The van der Waals surface area contributed by atoms with Gasteiger partial charge in [0.15, 0.2) is 5.13 Å². The van der Waals surface area contributed by atoms with Gasteiger partial charge in [0.2, 0.25) is 5.91 Å². The minimum Gasteiger partial charge on any atom is -0.350 e. The van der Waals surface area contributed by atoms with E-state index in [4.69, 9.17) is 0 Å². The van der Waals surface area contributed by atoms with Gasteiger partial charge in [-0.05, 0) is 24.6 Å². The number of carbonyl (C=O) groups is 2. The molecule has 3 aromatic rings. The molecule has 0 saturated carbocycles.